The average molecular weight is 353 g/mol. The zero-order valence-corrected chi connectivity index (χ0v) is 14.9. The minimum absolute atomic E-state index is 0. The van der Waals surface area contributed by atoms with Gasteiger partial charge in [0.25, 0.3) is 5.91 Å². The minimum Gasteiger partial charge on any atom is -0.383 e. The first kappa shape index (κ1) is 20.2. The van der Waals surface area contributed by atoms with Crippen molar-refractivity contribution in [1.82, 2.24) is 20.4 Å². The molecule has 1 amide bonds. The molecular weight excluding hydrogens is 328 g/mol. The number of carbonyl (C=O) groups excluding carboxylic acids is 1. The smallest absolute Gasteiger partial charge is 0.254 e. The molecule has 0 aliphatic rings. The van der Waals surface area contributed by atoms with Crippen molar-refractivity contribution < 1.29 is 9.53 Å². The summed E-state index contributed by atoms with van der Waals surface area (Å²) in [6.45, 7) is 5.32. The second-order valence-corrected chi connectivity index (χ2v) is 5.29. The van der Waals surface area contributed by atoms with Crippen LogP contribution in [0.3, 0.4) is 0 Å². The van der Waals surface area contributed by atoms with Crippen molar-refractivity contribution in [3.63, 3.8) is 0 Å². The van der Waals surface area contributed by atoms with Gasteiger partial charge in [-0.2, -0.15) is 5.10 Å². The van der Waals surface area contributed by atoms with Gasteiger partial charge in [0, 0.05) is 32.4 Å². The number of halogens is 1. The highest BCUT2D eigenvalue weighted by Crippen LogP contribution is 2.10. The molecule has 0 saturated heterocycles. The number of methoxy groups -OCH3 is 1. The molecule has 0 radical (unpaired) electrons. The van der Waals surface area contributed by atoms with Crippen molar-refractivity contribution in [2.75, 3.05) is 33.4 Å². The first-order chi connectivity index (χ1) is 11.2. The summed E-state index contributed by atoms with van der Waals surface area (Å²) in [6.07, 6.45) is 1.63. The highest BCUT2D eigenvalue weighted by Gasteiger charge is 2.13. The van der Waals surface area contributed by atoms with E-state index in [4.69, 9.17) is 4.74 Å². The van der Waals surface area contributed by atoms with Gasteiger partial charge < -0.3 is 15.4 Å². The van der Waals surface area contributed by atoms with Crippen molar-refractivity contribution in [2.24, 2.45) is 0 Å². The molecule has 1 aromatic heterocycles. The van der Waals surface area contributed by atoms with E-state index in [0.717, 1.165) is 17.8 Å². The average Bonchev–Trinajstić information content (AvgIpc) is 2.92. The zero-order valence-electron chi connectivity index (χ0n) is 14.1. The molecule has 0 spiro atoms. The predicted octanol–water partition coefficient (Wildman–Crippen LogP) is 1.63. The number of amides is 1. The van der Waals surface area contributed by atoms with E-state index < -0.39 is 0 Å². The fourth-order valence-corrected chi connectivity index (χ4v) is 2.24. The van der Waals surface area contributed by atoms with E-state index in [2.05, 4.69) is 15.7 Å². The lowest BCUT2D eigenvalue weighted by molar-refractivity contribution is 0.0953. The number of nitrogens with zero attached hydrogens (tertiary/aromatic N) is 2. The summed E-state index contributed by atoms with van der Waals surface area (Å²) in [5.41, 5.74) is 2.66. The van der Waals surface area contributed by atoms with Crippen molar-refractivity contribution in [1.29, 1.82) is 0 Å². The van der Waals surface area contributed by atoms with Crippen LogP contribution in [0.25, 0.3) is 0 Å². The molecule has 0 aliphatic carbocycles. The largest absolute Gasteiger partial charge is 0.383 e. The first-order valence-electron chi connectivity index (χ1n) is 7.76. The number of carbonyl (C=O) groups is 1. The summed E-state index contributed by atoms with van der Waals surface area (Å²) in [6, 6.07) is 10.1. The number of rotatable bonds is 9. The van der Waals surface area contributed by atoms with Crippen molar-refractivity contribution in [3.8, 4) is 0 Å². The zero-order chi connectivity index (χ0) is 16.5. The van der Waals surface area contributed by atoms with Crippen LogP contribution in [-0.4, -0.2) is 49.0 Å². The Morgan fingerprint density at radius 2 is 1.96 bits per heavy atom. The van der Waals surface area contributed by atoms with Gasteiger partial charge >= 0.3 is 0 Å². The maximum atomic E-state index is 12.2. The quantitative estimate of drug-likeness (QED) is 0.673. The third-order valence-corrected chi connectivity index (χ3v) is 3.59. The maximum absolute atomic E-state index is 12.2. The van der Waals surface area contributed by atoms with Crippen LogP contribution in [0.15, 0.2) is 36.5 Å². The fourth-order valence-electron chi connectivity index (χ4n) is 2.24. The summed E-state index contributed by atoms with van der Waals surface area (Å²) in [7, 11) is 1.67. The van der Waals surface area contributed by atoms with E-state index in [9.17, 15) is 4.79 Å². The highest BCUT2D eigenvalue weighted by atomic mass is 35.5. The molecule has 24 heavy (non-hydrogen) atoms. The van der Waals surface area contributed by atoms with Crippen LogP contribution < -0.4 is 10.6 Å². The lowest BCUT2D eigenvalue weighted by Crippen LogP contribution is -2.33. The van der Waals surface area contributed by atoms with Crippen molar-refractivity contribution >= 4 is 18.3 Å². The molecule has 0 fully saturated rings. The van der Waals surface area contributed by atoms with Gasteiger partial charge in [-0.3, -0.25) is 9.48 Å². The second kappa shape index (κ2) is 10.8. The van der Waals surface area contributed by atoms with E-state index in [0.29, 0.717) is 31.8 Å². The van der Waals surface area contributed by atoms with Gasteiger partial charge in [-0.05, 0) is 12.5 Å². The van der Waals surface area contributed by atoms with E-state index in [1.165, 1.54) is 0 Å². The Kier molecular flexibility index (Phi) is 9.07. The molecule has 7 heteroatoms. The third-order valence-electron chi connectivity index (χ3n) is 3.59. The molecule has 2 N–H and O–H groups in total. The van der Waals surface area contributed by atoms with Gasteiger partial charge in [0.05, 0.1) is 24.9 Å². The van der Waals surface area contributed by atoms with E-state index in [1.54, 1.807) is 13.3 Å². The number of aromatic nitrogens is 2. The Bertz CT molecular complexity index is 616. The number of benzene rings is 1. The summed E-state index contributed by atoms with van der Waals surface area (Å²) >= 11 is 0. The molecule has 0 bridgehead atoms. The fraction of sp³-hybridized carbons (Fsp3) is 0.412. The predicted molar refractivity (Wildman–Crippen MR) is 96.8 cm³/mol. The summed E-state index contributed by atoms with van der Waals surface area (Å²) in [5.74, 6) is -0.0876. The van der Waals surface area contributed by atoms with Gasteiger partial charge in [-0.25, -0.2) is 0 Å². The van der Waals surface area contributed by atoms with E-state index in [1.807, 2.05) is 41.9 Å². The number of hydrogen-bond acceptors (Lipinski definition) is 4. The van der Waals surface area contributed by atoms with E-state index >= 15 is 0 Å². The lowest BCUT2D eigenvalue weighted by Gasteiger charge is -2.07. The summed E-state index contributed by atoms with van der Waals surface area (Å²) < 4.78 is 6.79. The van der Waals surface area contributed by atoms with Crippen molar-refractivity contribution in [3.05, 3.63) is 53.3 Å². The van der Waals surface area contributed by atoms with Crippen LogP contribution in [0.1, 0.15) is 21.6 Å². The normalized spacial score (nSPS) is 10.2. The number of hydrogen-bond donors (Lipinski definition) is 2. The monoisotopic (exact) mass is 352 g/mol. The molecular formula is C17H25ClN4O2. The first-order valence-corrected chi connectivity index (χ1v) is 7.76. The molecule has 0 aliphatic heterocycles. The summed E-state index contributed by atoms with van der Waals surface area (Å²) in [4.78, 5) is 12.2. The molecule has 1 aromatic carbocycles. The number of ether oxygens (including phenoxy) is 1. The Morgan fingerprint density at radius 1 is 1.21 bits per heavy atom. The van der Waals surface area contributed by atoms with Crippen LogP contribution in [0.4, 0.5) is 0 Å². The lowest BCUT2D eigenvalue weighted by atomic mass is 10.2. The molecule has 0 atom stereocenters. The van der Waals surface area contributed by atoms with Gasteiger partial charge in [0.2, 0.25) is 0 Å². The molecule has 132 valence electrons. The number of nitrogens with one attached hydrogen (secondary N) is 2. The molecule has 2 rings (SSSR count). The molecule has 6 nitrogen and oxygen atoms in total. The Hall–Kier alpha value is -1.89. The van der Waals surface area contributed by atoms with Crippen LogP contribution in [0.2, 0.25) is 0 Å². The van der Waals surface area contributed by atoms with Gasteiger partial charge in [-0.15, -0.1) is 12.4 Å². The van der Waals surface area contributed by atoms with Crippen LogP contribution in [-0.2, 0) is 11.3 Å². The standard InChI is InChI=1S/C17H24N4O2.ClH/c1-14-16(17(22)19-9-8-18-10-11-23-2)12-20-21(14)13-15-6-4-3-5-7-15;/h3-7,12,18H,8-11,13H2,1-2H3,(H,19,22);1H. The molecule has 0 unspecified atom stereocenters. The van der Waals surface area contributed by atoms with Crippen LogP contribution in [0, 0.1) is 6.92 Å². The van der Waals surface area contributed by atoms with Crippen LogP contribution in [0.5, 0.6) is 0 Å². The van der Waals surface area contributed by atoms with Gasteiger partial charge in [0.1, 0.15) is 0 Å². The summed E-state index contributed by atoms with van der Waals surface area (Å²) in [5, 5.41) is 10.4. The van der Waals surface area contributed by atoms with E-state index in [-0.39, 0.29) is 18.3 Å². The highest BCUT2D eigenvalue weighted by molar-refractivity contribution is 5.95. The van der Waals surface area contributed by atoms with Gasteiger partial charge in [0.15, 0.2) is 0 Å². The Labute approximate surface area is 149 Å². The maximum Gasteiger partial charge on any atom is 0.254 e. The topological polar surface area (TPSA) is 68.2 Å². The molecule has 2 aromatic rings. The van der Waals surface area contributed by atoms with Crippen molar-refractivity contribution in [2.45, 2.75) is 13.5 Å². The van der Waals surface area contributed by atoms with Gasteiger partial charge in [-0.1, -0.05) is 30.3 Å². The Morgan fingerprint density at radius 3 is 2.67 bits per heavy atom. The third kappa shape index (κ3) is 5.96. The van der Waals surface area contributed by atoms with Crippen LogP contribution >= 0.6 is 12.4 Å². The minimum atomic E-state index is -0.0876. The Balaban J connectivity index is 0.00000288. The SMILES string of the molecule is COCCNCCNC(=O)c1cnn(Cc2ccccc2)c1C.Cl. The second-order valence-electron chi connectivity index (χ2n) is 5.29. The molecule has 1 heterocycles. The molecule has 0 saturated carbocycles.